The van der Waals surface area contributed by atoms with Gasteiger partial charge >= 0.3 is 6.18 Å². The number of alkyl halides is 3. The lowest BCUT2D eigenvalue weighted by Gasteiger charge is -2.32. The number of nitrogens with one attached hydrogen (secondary N) is 2. The predicted octanol–water partition coefficient (Wildman–Crippen LogP) is 3.93. The van der Waals surface area contributed by atoms with Crippen LogP contribution < -0.4 is 10.9 Å². The second-order valence-corrected chi connectivity index (χ2v) is 5.91. The fraction of sp³-hybridized carbons (Fsp3) is 0.438. The van der Waals surface area contributed by atoms with Crippen molar-refractivity contribution >= 4 is 16.6 Å². The maximum absolute atomic E-state index is 13.2. The van der Waals surface area contributed by atoms with Gasteiger partial charge in [-0.3, -0.25) is 4.79 Å². The van der Waals surface area contributed by atoms with Gasteiger partial charge in [0.05, 0.1) is 11.1 Å². The molecule has 0 aliphatic carbocycles. The second kappa shape index (κ2) is 5.04. The lowest BCUT2D eigenvalue weighted by atomic mass is 9.85. The summed E-state index contributed by atoms with van der Waals surface area (Å²) in [4.78, 5) is 14.0. The number of aromatic amines is 1. The Morgan fingerprint density at radius 2 is 2.00 bits per heavy atom. The smallest absolute Gasteiger partial charge is 0.382 e. The van der Waals surface area contributed by atoms with Crippen LogP contribution in [0.25, 0.3) is 10.9 Å². The molecule has 0 amide bonds. The number of H-pyrrole nitrogens is 1. The van der Waals surface area contributed by atoms with Gasteiger partial charge in [0.1, 0.15) is 0 Å². The molecule has 3 rings (SSSR count). The molecule has 0 bridgehead atoms. The van der Waals surface area contributed by atoms with Crippen LogP contribution in [0.2, 0.25) is 0 Å². The summed E-state index contributed by atoms with van der Waals surface area (Å²) >= 11 is 0. The molecule has 0 fully saturated rings. The van der Waals surface area contributed by atoms with Gasteiger partial charge in [-0.05, 0) is 37.0 Å². The van der Waals surface area contributed by atoms with E-state index >= 15 is 0 Å². The Hall–Kier alpha value is -1.98. The number of benzene rings is 1. The summed E-state index contributed by atoms with van der Waals surface area (Å²) in [6.07, 6.45) is -2.84. The van der Waals surface area contributed by atoms with Gasteiger partial charge in [0.25, 0.3) is 0 Å². The average Bonchev–Trinajstić information content (AvgIpc) is 2.42. The van der Waals surface area contributed by atoms with Crippen molar-refractivity contribution in [2.45, 2.75) is 38.9 Å². The van der Waals surface area contributed by atoms with Crippen LogP contribution in [0.5, 0.6) is 0 Å². The third-order valence-corrected chi connectivity index (χ3v) is 4.47. The fourth-order valence-corrected chi connectivity index (χ4v) is 3.21. The molecule has 118 valence electrons. The van der Waals surface area contributed by atoms with Gasteiger partial charge in [-0.2, -0.15) is 13.2 Å². The SMILES string of the molecule is CC[C@@H]1Cc2cc3c(C(F)(F)F)cc(=O)[nH]c3cc2N[C@@H]1C. The molecule has 2 heterocycles. The van der Waals surface area contributed by atoms with Gasteiger partial charge < -0.3 is 10.3 Å². The van der Waals surface area contributed by atoms with Crippen molar-refractivity contribution in [1.29, 1.82) is 0 Å². The van der Waals surface area contributed by atoms with Crippen LogP contribution in [0.1, 0.15) is 31.4 Å². The largest absolute Gasteiger partial charge is 0.417 e. The standard InChI is InChI=1S/C16H17F3N2O/c1-3-9-4-10-5-11-12(16(17,18)19)6-15(22)21-14(11)7-13(10)20-8(9)2/h5-9,20H,3-4H2,1-2H3,(H,21,22)/t8-,9-/m1/s1. The van der Waals surface area contributed by atoms with E-state index in [0.717, 1.165) is 24.1 Å². The number of anilines is 1. The molecule has 0 spiro atoms. The van der Waals surface area contributed by atoms with Crippen molar-refractivity contribution < 1.29 is 13.2 Å². The molecule has 2 aromatic rings. The minimum atomic E-state index is -4.54. The van der Waals surface area contributed by atoms with E-state index in [1.165, 1.54) is 0 Å². The van der Waals surface area contributed by atoms with Crippen LogP contribution in [-0.4, -0.2) is 11.0 Å². The molecule has 2 atom stereocenters. The topological polar surface area (TPSA) is 44.9 Å². The summed E-state index contributed by atoms with van der Waals surface area (Å²) < 4.78 is 39.5. The van der Waals surface area contributed by atoms with Crippen LogP contribution in [0, 0.1) is 5.92 Å². The summed E-state index contributed by atoms with van der Waals surface area (Å²) in [5.74, 6) is 0.391. The monoisotopic (exact) mass is 310 g/mol. The van der Waals surface area contributed by atoms with Crippen molar-refractivity contribution in [1.82, 2.24) is 4.98 Å². The number of fused-ring (bicyclic) bond motifs is 2. The zero-order valence-electron chi connectivity index (χ0n) is 12.3. The van der Waals surface area contributed by atoms with E-state index in [9.17, 15) is 18.0 Å². The van der Waals surface area contributed by atoms with E-state index in [1.807, 2.05) is 0 Å². The van der Waals surface area contributed by atoms with Crippen LogP contribution in [-0.2, 0) is 12.6 Å². The Balaban J connectivity index is 2.24. The molecule has 1 aromatic heterocycles. The first kappa shape index (κ1) is 14.9. The maximum Gasteiger partial charge on any atom is 0.417 e. The van der Waals surface area contributed by atoms with E-state index in [2.05, 4.69) is 24.1 Å². The maximum atomic E-state index is 13.2. The Labute approximate surface area is 125 Å². The Morgan fingerprint density at radius 3 is 2.64 bits per heavy atom. The summed E-state index contributed by atoms with van der Waals surface area (Å²) in [6, 6.07) is 4.06. The lowest BCUT2D eigenvalue weighted by molar-refractivity contribution is -0.136. The molecule has 22 heavy (non-hydrogen) atoms. The number of pyridine rings is 1. The predicted molar refractivity (Wildman–Crippen MR) is 80.1 cm³/mol. The molecule has 0 saturated heterocycles. The van der Waals surface area contributed by atoms with Crippen molar-refractivity contribution in [2.75, 3.05) is 5.32 Å². The van der Waals surface area contributed by atoms with Gasteiger partial charge in [-0.25, -0.2) is 0 Å². The Kier molecular flexibility index (Phi) is 3.42. The highest BCUT2D eigenvalue weighted by Crippen LogP contribution is 2.37. The molecule has 6 heteroatoms. The van der Waals surface area contributed by atoms with Gasteiger partial charge in [0.15, 0.2) is 0 Å². The lowest BCUT2D eigenvalue weighted by Crippen LogP contribution is -2.32. The van der Waals surface area contributed by atoms with Gasteiger partial charge in [-0.15, -0.1) is 0 Å². The minimum absolute atomic E-state index is 0.0528. The number of hydrogen-bond acceptors (Lipinski definition) is 2. The van der Waals surface area contributed by atoms with Crippen molar-refractivity contribution in [3.63, 3.8) is 0 Å². The van der Waals surface area contributed by atoms with Crippen LogP contribution in [0.15, 0.2) is 23.0 Å². The van der Waals surface area contributed by atoms with Crippen molar-refractivity contribution in [3.05, 3.63) is 39.7 Å². The third-order valence-electron chi connectivity index (χ3n) is 4.47. The number of rotatable bonds is 1. The van der Waals surface area contributed by atoms with Crippen LogP contribution >= 0.6 is 0 Å². The second-order valence-electron chi connectivity index (χ2n) is 5.91. The van der Waals surface area contributed by atoms with E-state index in [4.69, 9.17) is 0 Å². The highest BCUT2D eigenvalue weighted by Gasteiger charge is 2.34. The average molecular weight is 310 g/mol. The first-order chi connectivity index (χ1) is 10.3. The first-order valence-corrected chi connectivity index (χ1v) is 7.33. The molecular formula is C16H17F3N2O. The Bertz CT molecular complexity index is 779. The zero-order valence-corrected chi connectivity index (χ0v) is 12.3. The normalized spacial score (nSPS) is 21.5. The van der Waals surface area contributed by atoms with Crippen LogP contribution in [0.4, 0.5) is 18.9 Å². The van der Waals surface area contributed by atoms with Gasteiger partial charge in [-0.1, -0.05) is 13.3 Å². The van der Waals surface area contributed by atoms with E-state index in [-0.39, 0.29) is 16.9 Å². The minimum Gasteiger partial charge on any atom is -0.382 e. The summed E-state index contributed by atoms with van der Waals surface area (Å²) in [5.41, 5.74) is 0.277. The number of aromatic nitrogens is 1. The van der Waals surface area contributed by atoms with E-state index in [0.29, 0.717) is 12.0 Å². The molecule has 1 aliphatic heterocycles. The van der Waals surface area contributed by atoms with Crippen molar-refractivity contribution in [2.24, 2.45) is 5.92 Å². The Morgan fingerprint density at radius 1 is 1.27 bits per heavy atom. The zero-order chi connectivity index (χ0) is 16.1. The quantitative estimate of drug-likeness (QED) is 0.838. The summed E-state index contributed by atoms with van der Waals surface area (Å²) in [5, 5.41) is 3.38. The highest BCUT2D eigenvalue weighted by atomic mass is 19.4. The fourth-order valence-electron chi connectivity index (χ4n) is 3.21. The number of hydrogen-bond donors (Lipinski definition) is 2. The third kappa shape index (κ3) is 2.46. The van der Waals surface area contributed by atoms with Crippen LogP contribution in [0.3, 0.4) is 0 Å². The molecule has 1 aliphatic rings. The summed E-state index contributed by atoms with van der Waals surface area (Å²) in [6.45, 7) is 4.14. The molecule has 1 aromatic carbocycles. The molecule has 3 nitrogen and oxygen atoms in total. The van der Waals surface area contributed by atoms with Gasteiger partial charge in [0.2, 0.25) is 5.56 Å². The highest BCUT2D eigenvalue weighted by molar-refractivity contribution is 5.87. The molecule has 0 saturated carbocycles. The molecular weight excluding hydrogens is 293 g/mol. The van der Waals surface area contributed by atoms with Crippen molar-refractivity contribution in [3.8, 4) is 0 Å². The van der Waals surface area contributed by atoms with E-state index < -0.39 is 17.3 Å². The van der Waals surface area contributed by atoms with Gasteiger partial charge in [0, 0.05) is 23.2 Å². The molecule has 2 N–H and O–H groups in total. The van der Waals surface area contributed by atoms with E-state index in [1.54, 1.807) is 12.1 Å². The summed E-state index contributed by atoms with van der Waals surface area (Å²) in [7, 11) is 0. The molecule has 0 radical (unpaired) electrons. The first-order valence-electron chi connectivity index (χ1n) is 7.33. The number of halogens is 3. The molecule has 0 unspecified atom stereocenters.